The lowest BCUT2D eigenvalue weighted by Gasteiger charge is -2.11. The van der Waals surface area contributed by atoms with Crippen LogP contribution in [0.15, 0.2) is 24.4 Å². The first-order chi connectivity index (χ1) is 9.22. The summed E-state index contributed by atoms with van der Waals surface area (Å²) in [5, 5.41) is 4.89. The third-order valence-corrected chi connectivity index (χ3v) is 4.04. The van der Waals surface area contributed by atoms with Crippen molar-refractivity contribution in [2.75, 3.05) is 0 Å². The van der Waals surface area contributed by atoms with E-state index < -0.39 is 0 Å². The monoisotopic (exact) mass is 276 g/mol. The Labute approximate surface area is 117 Å². The summed E-state index contributed by atoms with van der Waals surface area (Å²) in [7, 11) is 0. The molecule has 1 heterocycles. The zero-order valence-corrected chi connectivity index (χ0v) is 11.5. The van der Waals surface area contributed by atoms with Gasteiger partial charge < -0.3 is 10.3 Å². The molecule has 3 rings (SSSR count). The van der Waals surface area contributed by atoms with Gasteiger partial charge in [0.25, 0.3) is 0 Å². The van der Waals surface area contributed by atoms with Crippen LogP contribution in [0.2, 0.25) is 5.02 Å². The van der Waals surface area contributed by atoms with E-state index in [0.717, 1.165) is 29.3 Å². The number of benzene rings is 1. The molecule has 19 heavy (non-hydrogen) atoms. The molecular weight excluding hydrogens is 260 g/mol. The largest absolute Gasteiger partial charge is 0.361 e. The minimum Gasteiger partial charge on any atom is -0.361 e. The molecule has 1 aromatic carbocycles. The average Bonchev–Trinajstić information content (AvgIpc) is 2.99. The van der Waals surface area contributed by atoms with E-state index in [9.17, 15) is 4.79 Å². The Hall–Kier alpha value is -1.48. The van der Waals surface area contributed by atoms with Gasteiger partial charge in [-0.2, -0.15) is 0 Å². The number of hydrogen-bond donors (Lipinski definition) is 2. The van der Waals surface area contributed by atoms with Crippen molar-refractivity contribution in [1.29, 1.82) is 0 Å². The summed E-state index contributed by atoms with van der Waals surface area (Å²) in [5.41, 5.74) is 2.01. The van der Waals surface area contributed by atoms with Gasteiger partial charge in [-0.25, -0.2) is 0 Å². The molecule has 0 spiro atoms. The first-order valence-corrected chi connectivity index (χ1v) is 7.15. The number of aromatic amines is 1. The van der Waals surface area contributed by atoms with Gasteiger partial charge in [-0.1, -0.05) is 30.5 Å². The van der Waals surface area contributed by atoms with Gasteiger partial charge in [0, 0.05) is 28.2 Å². The van der Waals surface area contributed by atoms with E-state index in [4.69, 9.17) is 11.6 Å². The molecule has 0 aliphatic heterocycles. The number of carbonyl (C=O) groups excluding carboxylic acids is 1. The van der Waals surface area contributed by atoms with Gasteiger partial charge in [0.2, 0.25) is 5.91 Å². The van der Waals surface area contributed by atoms with Crippen molar-refractivity contribution in [2.45, 2.75) is 38.1 Å². The van der Waals surface area contributed by atoms with Crippen molar-refractivity contribution >= 4 is 28.4 Å². The van der Waals surface area contributed by atoms with Gasteiger partial charge in [0.1, 0.15) is 0 Å². The van der Waals surface area contributed by atoms with Crippen molar-refractivity contribution in [3.05, 3.63) is 35.0 Å². The summed E-state index contributed by atoms with van der Waals surface area (Å²) in [6, 6.07) is 6.09. The van der Waals surface area contributed by atoms with E-state index in [1.54, 1.807) is 0 Å². The summed E-state index contributed by atoms with van der Waals surface area (Å²) < 4.78 is 0. The molecule has 1 aliphatic rings. The van der Waals surface area contributed by atoms with Crippen LogP contribution in [0.4, 0.5) is 0 Å². The molecule has 0 radical (unpaired) electrons. The molecule has 0 unspecified atom stereocenters. The number of H-pyrrole nitrogens is 1. The third-order valence-electron chi connectivity index (χ3n) is 3.80. The lowest BCUT2D eigenvalue weighted by Crippen LogP contribution is -2.33. The van der Waals surface area contributed by atoms with Crippen LogP contribution in [0.25, 0.3) is 10.9 Å². The zero-order valence-electron chi connectivity index (χ0n) is 10.7. The molecular formula is C15H17ClN2O. The molecule has 2 N–H and O–H groups in total. The van der Waals surface area contributed by atoms with Crippen molar-refractivity contribution in [1.82, 2.24) is 10.3 Å². The summed E-state index contributed by atoms with van der Waals surface area (Å²) in [4.78, 5) is 15.2. The number of halogens is 1. The Bertz CT molecular complexity index is 599. The minimum absolute atomic E-state index is 0.114. The number of nitrogens with one attached hydrogen (secondary N) is 2. The van der Waals surface area contributed by atoms with Crippen molar-refractivity contribution in [3.63, 3.8) is 0 Å². The van der Waals surface area contributed by atoms with Crippen LogP contribution in [0, 0.1) is 0 Å². The fourth-order valence-electron chi connectivity index (χ4n) is 2.83. The summed E-state index contributed by atoms with van der Waals surface area (Å²) in [5.74, 6) is 0.114. The van der Waals surface area contributed by atoms with Gasteiger partial charge in [-0.05, 0) is 30.5 Å². The van der Waals surface area contributed by atoms with Crippen molar-refractivity contribution in [3.8, 4) is 0 Å². The zero-order chi connectivity index (χ0) is 13.2. The third kappa shape index (κ3) is 2.76. The van der Waals surface area contributed by atoms with Gasteiger partial charge in [-0.15, -0.1) is 0 Å². The van der Waals surface area contributed by atoms with Crippen LogP contribution in [-0.2, 0) is 11.2 Å². The Balaban J connectivity index is 1.72. The number of hydrogen-bond acceptors (Lipinski definition) is 1. The molecule has 1 aliphatic carbocycles. The second kappa shape index (κ2) is 5.25. The SMILES string of the molecule is O=C(Cc1c[nH]c2cc(Cl)ccc12)NC1CCCC1. The van der Waals surface area contributed by atoms with Gasteiger partial charge in [-0.3, -0.25) is 4.79 Å². The van der Waals surface area contributed by atoms with Gasteiger partial charge >= 0.3 is 0 Å². The minimum atomic E-state index is 0.114. The van der Waals surface area contributed by atoms with Crippen LogP contribution in [0.3, 0.4) is 0 Å². The Morgan fingerprint density at radius 2 is 2.16 bits per heavy atom. The maximum atomic E-state index is 12.0. The Morgan fingerprint density at radius 3 is 2.95 bits per heavy atom. The van der Waals surface area contributed by atoms with E-state index in [-0.39, 0.29) is 5.91 Å². The number of fused-ring (bicyclic) bond motifs is 1. The lowest BCUT2D eigenvalue weighted by molar-refractivity contribution is -0.121. The van der Waals surface area contributed by atoms with Crippen LogP contribution < -0.4 is 5.32 Å². The van der Waals surface area contributed by atoms with Gasteiger partial charge in [0.15, 0.2) is 0 Å². The fraction of sp³-hybridized carbons (Fsp3) is 0.400. The highest BCUT2D eigenvalue weighted by atomic mass is 35.5. The maximum absolute atomic E-state index is 12.0. The molecule has 1 fully saturated rings. The molecule has 3 nitrogen and oxygen atoms in total. The smallest absolute Gasteiger partial charge is 0.224 e. The number of aromatic nitrogens is 1. The van der Waals surface area contributed by atoms with Crippen LogP contribution in [0.5, 0.6) is 0 Å². The molecule has 1 saturated carbocycles. The van der Waals surface area contributed by atoms with Crippen molar-refractivity contribution < 1.29 is 4.79 Å². The first-order valence-electron chi connectivity index (χ1n) is 6.77. The summed E-state index contributed by atoms with van der Waals surface area (Å²) >= 11 is 5.95. The second-order valence-electron chi connectivity index (χ2n) is 5.23. The predicted molar refractivity (Wildman–Crippen MR) is 77.4 cm³/mol. The normalized spacial score (nSPS) is 16.1. The van der Waals surface area contributed by atoms with E-state index >= 15 is 0 Å². The van der Waals surface area contributed by atoms with Crippen LogP contribution >= 0.6 is 11.6 Å². The highest BCUT2D eigenvalue weighted by Gasteiger charge is 2.17. The molecule has 0 atom stereocenters. The summed E-state index contributed by atoms with van der Waals surface area (Å²) in [6.45, 7) is 0. The Morgan fingerprint density at radius 1 is 1.37 bits per heavy atom. The number of amides is 1. The molecule has 2 aromatic rings. The lowest BCUT2D eigenvalue weighted by atomic mass is 10.1. The van der Waals surface area contributed by atoms with E-state index in [2.05, 4.69) is 10.3 Å². The molecule has 100 valence electrons. The molecule has 0 bridgehead atoms. The summed E-state index contributed by atoms with van der Waals surface area (Å²) in [6.07, 6.45) is 7.03. The Kier molecular flexibility index (Phi) is 3.47. The molecule has 4 heteroatoms. The first kappa shape index (κ1) is 12.5. The topological polar surface area (TPSA) is 44.9 Å². The molecule has 1 amide bonds. The number of carbonyl (C=O) groups is 1. The van der Waals surface area contributed by atoms with E-state index in [1.165, 1.54) is 12.8 Å². The maximum Gasteiger partial charge on any atom is 0.224 e. The average molecular weight is 277 g/mol. The molecule has 1 aromatic heterocycles. The van der Waals surface area contributed by atoms with E-state index in [0.29, 0.717) is 17.5 Å². The standard InChI is InChI=1S/C15H17ClN2O/c16-11-5-6-13-10(9-17-14(13)8-11)7-15(19)18-12-3-1-2-4-12/h5-6,8-9,12,17H,1-4,7H2,(H,18,19). The predicted octanol–water partition coefficient (Wildman–Crippen LogP) is 3.42. The van der Waals surface area contributed by atoms with E-state index in [1.807, 2.05) is 24.4 Å². The van der Waals surface area contributed by atoms with Crippen LogP contribution in [-0.4, -0.2) is 16.9 Å². The second-order valence-corrected chi connectivity index (χ2v) is 5.67. The molecule has 0 saturated heterocycles. The van der Waals surface area contributed by atoms with Crippen molar-refractivity contribution in [2.24, 2.45) is 0 Å². The fourth-order valence-corrected chi connectivity index (χ4v) is 3.00. The number of rotatable bonds is 3. The quantitative estimate of drug-likeness (QED) is 0.886. The highest BCUT2D eigenvalue weighted by Crippen LogP contribution is 2.23. The van der Waals surface area contributed by atoms with Gasteiger partial charge in [0.05, 0.1) is 6.42 Å². The van der Waals surface area contributed by atoms with Crippen LogP contribution in [0.1, 0.15) is 31.2 Å². The highest BCUT2D eigenvalue weighted by molar-refractivity contribution is 6.31.